The molecule has 0 spiro atoms. The minimum atomic E-state index is -1.21. The summed E-state index contributed by atoms with van der Waals surface area (Å²) in [5.74, 6) is -2.19. The predicted octanol–water partition coefficient (Wildman–Crippen LogP) is -0.516. The third kappa shape index (κ3) is 18.1. The monoisotopic (exact) mass is 337 g/mol. The Labute approximate surface area is 162 Å². The molecule has 23 heavy (non-hydrogen) atoms. The first-order valence-corrected chi connectivity index (χ1v) is 8.74. The van der Waals surface area contributed by atoms with Gasteiger partial charge in [-0.25, -0.2) is 0 Å². The first-order chi connectivity index (χ1) is 10.6. The molecule has 0 saturated carbocycles. The van der Waals surface area contributed by atoms with Gasteiger partial charge in [-0.1, -0.05) is 64.7 Å². The second-order valence-electron chi connectivity index (χ2n) is 5.94. The quantitative estimate of drug-likeness (QED) is 0.292. The van der Waals surface area contributed by atoms with Crippen molar-refractivity contribution in [3.05, 3.63) is 0 Å². The van der Waals surface area contributed by atoms with Crippen molar-refractivity contribution in [3.63, 3.8) is 0 Å². The normalized spacial score (nSPS) is 11.7. The smallest absolute Gasteiger partial charge is 0.548 e. The van der Waals surface area contributed by atoms with Crippen molar-refractivity contribution in [1.29, 1.82) is 0 Å². The van der Waals surface area contributed by atoms with Crippen LogP contribution in [0, 0.1) is 0 Å². The molecule has 0 aliphatic rings. The second-order valence-corrected chi connectivity index (χ2v) is 5.94. The SMILES string of the molecule is CCCCCCCCCCCCN[C@@H](CCC(=O)O)C(=O)[O-].[Na+]. The summed E-state index contributed by atoms with van der Waals surface area (Å²) in [5.41, 5.74) is 0. The summed E-state index contributed by atoms with van der Waals surface area (Å²) in [7, 11) is 0. The van der Waals surface area contributed by atoms with Crippen LogP contribution >= 0.6 is 0 Å². The Hall–Kier alpha value is -0.100. The maximum absolute atomic E-state index is 10.9. The van der Waals surface area contributed by atoms with Crippen molar-refractivity contribution in [2.75, 3.05) is 6.54 Å². The van der Waals surface area contributed by atoms with Crippen LogP contribution in [0.1, 0.15) is 84.0 Å². The molecule has 0 aromatic rings. The molecule has 2 N–H and O–H groups in total. The van der Waals surface area contributed by atoms with Gasteiger partial charge in [-0.05, 0) is 19.4 Å². The molecule has 0 aliphatic heterocycles. The van der Waals surface area contributed by atoms with Crippen molar-refractivity contribution in [1.82, 2.24) is 5.32 Å². The van der Waals surface area contributed by atoms with Crippen LogP contribution in [0.5, 0.6) is 0 Å². The molecule has 0 aliphatic carbocycles. The molecule has 130 valence electrons. The van der Waals surface area contributed by atoms with Gasteiger partial charge in [0.1, 0.15) is 0 Å². The maximum atomic E-state index is 10.9. The fraction of sp³-hybridized carbons (Fsp3) is 0.882. The average molecular weight is 337 g/mol. The Morgan fingerprint density at radius 2 is 1.43 bits per heavy atom. The number of unbranched alkanes of at least 4 members (excludes halogenated alkanes) is 9. The fourth-order valence-electron chi connectivity index (χ4n) is 2.46. The van der Waals surface area contributed by atoms with Crippen LogP contribution in [0.15, 0.2) is 0 Å². The Kier molecular flexibility index (Phi) is 19.9. The van der Waals surface area contributed by atoms with Gasteiger partial charge in [0.15, 0.2) is 0 Å². The van der Waals surface area contributed by atoms with Crippen molar-refractivity contribution in [2.45, 2.75) is 90.0 Å². The van der Waals surface area contributed by atoms with Crippen molar-refractivity contribution in [3.8, 4) is 0 Å². The van der Waals surface area contributed by atoms with Crippen LogP contribution in [0.4, 0.5) is 0 Å². The molecule has 0 heterocycles. The number of rotatable bonds is 16. The van der Waals surface area contributed by atoms with Gasteiger partial charge >= 0.3 is 35.5 Å². The van der Waals surface area contributed by atoms with E-state index in [0.29, 0.717) is 6.54 Å². The third-order valence-corrected chi connectivity index (χ3v) is 3.85. The van der Waals surface area contributed by atoms with Gasteiger partial charge in [-0.3, -0.25) is 4.79 Å². The van der Waals surface area contributed by atoms with Crippen molar-refractivity contribution < 1.29 is 49.4 Å². The van der Waals surface area contributed by atoms with Crippen molar-refractivity contribution >= 4 is 11.9 Å². The van der Waals surface area contributed by atoms with E-state index in [4.69, 9.17) is 5.11 Å². The minimum Gasteiger partial charge on any atom is -0.548 e. The van der Waals surface area contributed by atoms with Crippen LogP contribution in [-0.4, -0.2) is 29.6 Å². The molecule has 0 rings (SSSR count). The molecule has 0 amide bonds. The van der Waals surface area contributed by atoms with E-state index in [1.165, 1.54) is 51.4 Å². The van der Waals surface area contributed by atoms with Gasteiger partial charge in [-0.15, -0.1) is 0 Å². The van der Waals surface area contributed by atoms with Gasteiger partial charge in [0.25, 0.3) is 0 Å². The molecule has 0 bridgehead atoms. The Morgan fingerprint density at radius 1 is 0.957 bits per heavy atom. The maximum Gasteiger partial charge on any atom is 1.00 e. The van der Waals surface area contributed by atoms with Crippen LogP contribution < -0.4 is 40.0 Å². The van der Waals surface area contributed by atoms with Gasteiger partial charge < -0.3 is 20.3 Å². The zero-order valence-electron chi connectivity index (χ0n) is 14.9. The molecule has 0 unspecified atom stereocenters. The third-order valence-electron chi connectivity index (χ3n) is 3.85. The number of carboxylic acids is 2. The summed E-state index contributed by atoms with van der Waals surface area (Å²) in [6, 6.07) is -0.852. The van der Waals surface area contributed by atoms with Crippen LogP contribution in [-0.2, 0) is 9.59 Å². The predicted molar refractivity (Wildman–Crippen MR) is 85.5 cm³/mol. The van der Waals surface area contributed by atoms with E-state index >= 15 is 0 Å². The van der Waals surface area contributed by atoms with Crippen LogP contribution in [0.25, 0.3) is 0 Å². The standard InChI is InChI=1S/C17H33NO4.Na/c1-2-3-4-5-6-7-8-9-10-11-14-18-15(17(21)22)12-13-16(19)20;/h15,18H,2-14H2,1H3,(H,19,20)(H,21,22);/q;+1/p-1/t15-;/m0./s1. The molecule has 6 heteroatoms. The fourth-order valence-corrected chi connectivity index (χ4v) is 2.46. The van der Waals surface area contributed by atoms with Gasteiger partial charge in [0.05, 0.1) is 5.97 Å². The molecule has 0 fully saturated rings. The van der Waals surface area contributed by atoms with Gasteiger partial charge in [0.2, 0.25) is 0 Å². The Bertz CT molecular complexity index is 300. The molecular formula is C17H32NNaO4. The minimum absolute atomic E-state index is 0. The zero-order valence-corrected chi connectivity index (χ0v) is 16.9. The number of carboxylic acid groups (broad SMARTS) is 2. The van der Waals surface area contributed by atoms with E-state index < -0.39 is 18.0 Å². The summed E-state index contributed by atoms with van der Waals surface area (Å²) < 4.78 is 0. The van der Waals surface area contributed by atoms with Crippen molar-refractivity contribution in [2.24, 2.45) is 0 Å². The van der Waals surface area contributed by atoms with Crippen LogP contribution in [0.3, 0.4) is 0 Å². The number of nitrogens with one attached hydrogen (secondary N) is 1. The number of hydrogen-bond donors (Lipinski definition) is 2. The molecule has 0 aromatic carbocycles. The molecular weight excluding hydrogens is 305 g/mol. The van der Waals surface area contributed by atoms with E-state index in [2.05, 4.69) is 12.2 Å². The number of carbonyl (C=O) groups excluding carboxylic acids is 1. The summed E-state index contributed by atoms with van der Waals surface area (Å²) in [6.07, 6.45) is 12.3. The van der Waals surface area contributed by atoms with E-state index in [-0.39, 0.29) is 42.4 Å². The summed E-state index contributed by atoms with van der Waals surface area (Å²) in [6.45, 7) is 2.83. The first kappa shape index (κ1) is 25.1. The average Bonchev–Trinajstić information content (AvgIpc) is 2.47. The molecule has 0 radical (unpaired) electrons. The van der Waals surface area contributed by atoms with Gasteiger partial charge in [0, 0.05) is 12.5 Å². The van der Waals surface area contributed by atoms with E-state index in [1.54, 1.807) is 0 Å². The number of aliphatic carboxylic acids is 2. The Balaban J connectivity index is 0. The zero-order chi connectivity index (χ0) is 16.6. The second kappa shape index (κ2) is 18.2. The Morgan fingerprint density at radius 3 is 1.87 bits per heavy atom. The number of carbonyl (C=O) groups is 2. The first-order valence-electron chi connectivity index (χ1n) is 8.74. The largest absolute Gasteiger partial charge is 1.00 e. The molecule has 0 saturated heterocycles. The molecule has 1 atom stereocenters. The van der Waals surface area contributed by atoms with Crippen LogP contribution in [0.2, 0.25) is 0 Å². The molecule has 0 aromatic heterocycles. The summed E-state index contributed by atoms with van der Waals surface area (Å²) in [4.78, 5) is 21.3. The van der Waals surface area contributed by atoms with Gasteiger partial charge in [-0.2, -0.15) is 0 Å². The van der Waals surface area contributed by atoms with E-state index in [9.17, 15) is 14.7 Å². The number of hydrogen-bond acceptors (Lipinski definition) is 4. The van der Waals surface area contributed by atoms with E-state index in [1.807, 2.05) is 0 Å². The van der Waals surface area contributed by atoms with E-state index in [0.717, 1.165) is 12.8 Å². The summed E-state index contributed by atoms with van der Waals surface area (Å²) >= 11 is 0. The molecule has 5 nitrogen and oxygen atoms in total. The summed E-state index contributed by atoms with van der Waals surface area (Å²) in [5, 5.41) is 22.3. The topological polar surface area (TPSA) is 89.5 Å².